The number of aliphatic hydroxyl groups excluding tert-OH is 1. The van der Waals surface area contributed by atoms with E-state index in [1.807, 2.05) is 0 Å². The van der Waals surface area contributed by atoms with E-state index in [2.05, 4.69) is 4.90 Å². The fourth-order valence-electron chi connectivity index (χ4n) is 2.02. The second-order valence-electron chi connectivity index (χ2n) is 4.29. The first-order valence-electron chi connectivity index (χ1n) is 6.24. The van der Waals surface area contributed by atoms with Gasteiger partial charge in [0.2, 0.25) is 0 Å². The molecule has 1 aliphatic heterocycles. The van der Waals surface area contributed by atoms with Crippen molar-refractivity contribution in [3.8, 4) is 0 Å². The van der Waals surface area contributed by atoms with E-state index in [-0.39, 0.29) is 19.0 Å². The molecule has 104 valence electrons. The van der Waals surface area contributed by atoms with Gasteiger partial charge in [-0.2, -0.15) is 0 Å². The summed E-state index contributed by atoms with van der Waals surface area (Å²) >= 11 is 0. The number of anilines is 1. The summed E-state index contributed by atoms with van der Waals surface area (Å²) in [6.45, 7) is 2.33. The van der Waals surface area contributed by atoms with Crippen molar-refractivity contribution in [2.24, 2.45) is 0 Å². The van der Waals surface area contributed by atoms with Gasteiger partial charge in [0.15, 0.2) is 0 Å². The Balaban J connectivity index is 1.85. The van der Waals surface area contributed by atoms with Crippen LogP contribution in [-0.4, -0.2) is 55.5 Å². The van der Waals surface area contributed by atoms with Crippen LogP contribution in [0, 0.1) is 5.82 Å². The van der Waals surface area contributed by atoms with Crippen LogP contribution in [0.5, 0.6) is 0 Å². The summed E-state index contributed by atoms with van der Waals surface area (Å²) < 4.78 is 17.7. The maximum Gasteiger partial charge on any atom is 0.409 e. The number of halogens is 1. The first-order chi connectivity index (χ1) is 9.20. The quantitative estimate of drug-likeness (QED) is 0.891. The van der Waals surface area contributed by atoms with E-state index in [4.69, 9.17) is 9.84 Å². The number of carbonyl (C=O) groups excluding carboxylic acids is 1. The number of piperazine rings is 1. The number of ether oxygens (including phenoxy) is 1. The van der Waals surface area contributed by atoms with E-state index in [0.29, 0.717) is 26.2 Å². The molecule has 1 amide bonds. The largest absolute Gasteiger partial charge is 0.447 e. The van der Waals surface area contributed by atoms with Crippen LogP contribution in [0.25, 0.3) is 0 Å². The van der Waals surface area contributed by atoms with E-state index in [1.54, 1.807) is 17.0 Å². The molecular weight excluding hydrogens is 251 g/mol. The molecule has 1 aromatic carbocycles. The number of carbonyl (C=O) groups is 1. The third-order valence-corrected chi connectivity index (χ3v) is 3.05. The Hall–Kier alpha value is -1.82. The van der Waals surface area contributed by atoms with Crippen molar-refractivity contribution < 1.29 is 19.0 Å². The molecule has 0 radical (unpaired) electrons. The number of aliphatic hydroxyl groups is 1. The highest BCUT2D eigenvalue weighted by Crippen LogP contribution is 2.17. The fourth-order valence-corrected chi connectivity index (χ4v) is 2.02. The Morgan fingerprint density at radius 2 is 1.84 bits per heavy atom. The minimum Gasteiger partial charge on any atom is -0.447 e. The second kappa shape index (κ2) is 6.38. The Kier molecular flexibility index (Phi) is 4.57. The summed E-state index contributed by atoms with van der Waals surface area (Å²) in [5.41, 5.74) is 0.949. The molecule has 1 N–H and O–H groups in total. The number of hydrogen-bond acceptors (Lipinski definition) is 4. The van der Waals surface area contributed by atoms with Gasteiger partial charge in [0.05, 0.1) is 6.61 Å². The lowest BCUT2D eigenvalue weighted by molar-refractivity contribution is 0.0826. The highest BCUT2D eigenvalue weighted by molar-refractivity contribution is 5.68. The molecular formula is C13H17FN2O3. The lowest BCUT2D eigenvalue weighted by Gasteiger charge is -2.35. The van der Waals surface area contributed by atoms with Crippen LogP contribution in [0.1, 0.15) is 0 Å². The smallest absolute Gasteiger partial charge is 0.409 e. The zero-order valence-corrected chi connectivity index (χ0v) is 10.6. The van der Waals surface area contributed by atoms with Gasteiger partial charge in [0.25, 0.3) is 0 Å². The van der Waals surface area contributed by atoms with Crippen molar-refractivity contribution in [3.05, 3.63) is 30.1 Å². The van der Waals surface area contributed by atoms with Crippen LogP contribution in [0.2, 0.25) is 0 Å². The van der Waals surface area contributed by atoms with Crippen LogP contribution in [-0.2, 0) is 4.74 Å². The van der Waals surface area contributed by atoms with Gasteiger partial charge < -0.3 is 19.6 Å². The molecule has 1 aliphatic rings. The van der Waals surface area contributed by atoms with Crippen molar-refractivity contribution in [2.45, 2.75) is 0 Å². The molecule has 1 saturated heterocycles. The van der Waals surface area contributed by atoms with E-state index >= 15 is 0 Å². The number of rotatable bonds is 3. The minimum atomic E-state index is -0.396. The monoisotopic (exact) mass is 268 g/mol. The fraction of sp³-hybridized carbons (Fsp3) is 0.462. The Morgan fingerprint density at radius 1 is 1.21 bits per heavy atom. The van der Waals surface area contributed by atoms with E-state index in [9.17, 15) is 9.18 Å². The summed E-state index contributed by atoms with van der Waals surface area (Å²) in [5.74, 6) is -0.255. The standard InChI is InChI=1S/C13H17FN2O3/c14-11-1-3-12(4-2-11)15-5-7-16(8-6-15)13(18)19-10-9-17/h1-4,17H,5-10H2. The van der Waals surface area contributed by atoms with Gasteiger partial charge in [0.1, 0.15) is 12.4 Å². The maximum absolute atomic E-state index is 12.8. The normalized spacial score (nSPS) is 15.5. The zero-order valence-electron chi connectivity index (χ0n) is 10.6. The average Bonchev–Trinajstić information content (AvgIpc) is 2.46. The van der Waals surface area contributed by atoms with Crippen LogP contribution < -0.4 is 4.90 Å². The molecule has 0 aromatic heterocycles. The van der Waals surface area contributed by atoms with Gasteiger partial charge in [-0.25, -0.2) is 9.18 Å². The first kappa shape index (κ1) is 13.6. The van der Waals surface area contributed by atoms with Crippen molar-refractivity contribution in [1.82, 2.24) is 4.90 Å². The van der Waals surface area contributed by atoms with Crippen LogP contribution in [0.3, 0.4) is 0 Å². The summed E-state index contributed by atoms with van der Waals surface area (Å²) in [7, 11) is 0. The summed E-state index contributed by atoms with van der Waals surface area (Å²) in [5, 5.41) is 8.59. The molecule has 1 aromatic rings. The minimum absolute atomic E-state index is 0.0248. The van der Waals surface area contributed by atoms with Crippen molar-refractivity contribution >= 4 is 11.8 Å². The van der Waals surface area contributed by atoms with Gasteiger partial charge in [-0.1, -0.05) is 0 Å². The molecule has 0 unspecified atom stereocenters. The lowest BCUT2D eigenvalue weighted by atomic mass is 10.2. The number of benzene rings is 1. The predicted molar refractivity (Wildman–Crippen MR) is 68.6 cm³/mol. The molecule has 0 bridgehead atoms. The highest BCUT2D eigenvalue weighted by Gasteiger charge is 2.22. The Labute approximate surface area is 111 Å². The van der Waals surface area contributed by atoms with E-state index in [0.717, 1.165) is 5.69 Å². The van der Waals surface area contributed by atoms with Crippen molar-refractivity contribution in [1.29, 1.82) is 0 Å². The SMILES string of the molecule is O=C(OCCO)N1CCN(c2ccc(F)cc2)CC1. The molecule has 2 rings (SSSR count). The van der Waals surface area contributed by atoms with Crippen LogP contribution in [0.4, 0.5) is 14.9 Å². The molecule has 19 heavy (non-hydrogen) atoms. The topological polar surface area (TPSA) is 53.0 Å². The van der Waals surface area contributed by atoms with Gasteiger partial charge in [-0.3, -0.25) is 0 Å². The predicted octanol–water partition coefficient (Wildman–Crippen LogP) is 1.08. The lowest BCUT2D eigenvalue weighted by Crippen LogP contribution is -2.49. The molecule has 0 saturated carbocycles. The average molecular weight is 268 g/mol. The molecule has 1 fully saturated rings. The summed E-state index contributed by atoms with van der Waals surface area (Å²) in [4.78, 5) is 15.3. The van der Waals surface area contributed by atoms with Crippen LogP contribution >= 0.6 is 0 Å². The highest BCUT2D eigenvalue weighted by atomic mass is 19.1. The molecule has 0 atom stereocenters. The Morgan fingerprint density at radius 3 is 2.42 bits per heavy atom. The number of amides is 1. The molecule has 0 spiro atoms. The third-order valence-electron chi connectivity index (χ3n) is 3.05. The van der Waals surface area contributed by atoms with Crippen molar-refractivity contribution in [2.75, 3.05) is 44.3 Å². The van der Waals surface area contributed by atoms with E-state index < -0.39 is 6.09 Å². The van der Waals surface area contributed by atoms with Crippen molar-refractivity contribution in [3.63, 3.8) is 0 Å². The van der Waals surface area contributed by atoms with Gasteiger partial charge >= 0.3 is 6.09 Å². The maximum atomic E-state index is 12.8. The number of nitrogens with zero attached hydrogens (tertiary/aromatic N) is 2. The summed E-state index contributed by atoms with van der Waals surface area (Å²) in [6.07, 6.45) is -0.396. The molecule has 5 nitrogen and oxygen atoms in total. The zero-order chi connectivity index (χ0) is 13.7. The molecule has 6 heteroatoms. The summed E-state index contributed by atoms with van der Waals surface area (Å²) in [6, 6.07) is 6.32. The molecule has 1 heterocycles. The Bertz CT molecular complexity index is 416. The first-order valence-corrected chi connectivity index (χ1v) is 6.24. The third kappa shape index (κ3) is 3.57. The van der Waals surface area contributed by atoms with Gasteiger partial charge in [-0.05, 0) is 24.3 Å². The molecule has 0 aliphatic carbocycles. The number of hydrogen-bond donors (Lipinski definition) is 1. The van der Waals surface area contributed by atoms with Crippen LogP contribution in [0.15, 0.2) is 24.3 Å². The van der Waals surface area contributed by atoms with E-state index in [1.165, 1.54) is 12.1 Å². The van der Waals surface area contributed by atoms with Gasteiger partial charge in [-0.15, -0.1) is 0 Å². The second-order valence-corrected chi connectivity index (χ2v) is 4.29. The van der Waals surface area contributed by atoms with Gasteiger partial charge in [0, 0.05) is 31.9 Å².